The van der Waals surface area contributed by atoms with Gasteiger partial charge in [0.05, 0.1) is 0 Å². The largest absolute Gasteiger partial charge is 0.179 e. The van der Waals surface area contributed by atoms with Crippen molar-refractivity contribution in [3.63, 3.8) is 0 Å². The van der Waals surface area contributed by atoms with Crippen molar-refractivity contribution in [1.82, 2.24) is 0 Å². The summed E-state index contributed by atoms with van der Waals surface area (Å²) in [6, 6.07) is 36.2. The number of allylic oxidation sites excluding steroid dienone is 8. The van der Waals surface area contributed by atoms with E-state index in [1.165, 1.54) is 120 Å². The van der Waals surface area contributed by atoms with E-state index in [1.54, 1.807) is 54.9 Å². The van der Waals surface area contributed by atoms with Gasteiger partial charge in [-0.25, -0.2) is 12.2 Å². The van der Waals surface area contributed by atoms with Crippen molar-refractivity contribution in [1.29, 1.82) is 0 Å². The maximum absolute atomic E-state index is 3.30. The second-order valence-corrected chi connectivity index (χ2v) is 22.5. The van der Waals surface area contributed by atoms with Gasteiger partial charge in [0, 0.05) is 0 Å². The zero-order valence-corrected chi connectivity index (χ0v) is 45.2. The number of hydrogen-bond acceptors (Lipinski definition) is 0. The van der Waals surface area contributed by atoms with Gasteiger partial charge in [0.2, 0.25) is 0 Å². The number of halogens is 2. The van der Waals surface area contributed by atoms with Crippen LogP contribution in [-0.4, -0.2) is 6.41 Å². The smallest absolute Gasteiger partial charge is 0.0253 e. The zero-order chi connectivity index (χ0) is 43.1. The van der Waals surface area contributed by atoms with Gasteiger partial charge >= 0.3 is 119 Å². The molecule has 2 fully saturated rings. The van der Waals surface area contributed by atoms with E-state index >= 15 is 0 Å². The first-order chi connectivity index (χ1) is 28.7. The Labute approximate surface area is 420 Å². The van der Waals surface area contributed by atoms with Crippen LogP contribution in [-0.2, 0) is 61.3 Å². The van der Waals surface area contributed by atoms with Gasteiger partial charge in [0.1, 0.15) is 0 Å². The van der Waals surface area contributed by atoms with Gasteiger partial charge < -0.3 is 24.8 Å². The molecule has 324 valence electrons. The standard InChI is InChI=1S/2C13H9.2C10H15.2C6H10.2ClH.2Zr/c2*1-3-7-12-10(5-1)9-11-6-2-4-8-13(11)12;2*1-8-5-6-9(7-8)10(2,3)4;2*1-2-4-6-5-3-1;;;;/h2*1-5,7-8H,9H2;2*6-8H,1-4H3;2*1-5H2;2*1H;;/q4*-1;;;;;2*+2/p-2. The van der Waals surface area contributed by atoms with Crippen LogP contribution in [0.25, 0.3) is 22.3 Å². The van der Waals surface area contributed by atoms with Gasteiger partial charge in [0.25, 0.3) is 0 Å². The van der Waals surface area contributed by atoms with Gasteiger partial charge in [-0.05, 0) is 12.8 Å². The van der Waals surface area contributed by atoms with E-state index in [2.05, 4.69) is 177 Å². The molecule has 6 aliphatic rings. The molecule has 0 nitrogen and oxygen atoms in total. The summed E-state index contributed by atoms with van der Waals surface area (Å²) in [6.45, 7) is 17.7. The van der Waals surface area contributed by atoms with Gasteiger partial charge in [-0.1, -0.05) is 149 Å². The van der Waals surface area contributed by atoms with Crippen molar-refractivity contribution >= 4 is 6.41 Å². The Morgan fingerprint density at radius 3 is 1.08 bits per heavy atom. The Balaban J connectivity index is 0.000000200. The van der Waals surface area contributed by atoms with E-state index < -0.39 is 0 Å². The average molecular weight is 1020 g/mol. The summed E-state index contributed by atoms with van der Waals surface area (Å²) in [5.74, 6) is 1.04. The molecule has 6 aliphatic carbocycles. The molecule has 0 aromatic heterocycles. The molecule has 4 aromatic carbocycles. The van der Waals surface area contributed by atoms with Gasteiger partial charge in [-0.3, -0.25) is 12.2 Å². The Kier molecular flexibility index (Phi) is 23.4. The normalized spacial score (nSPS) is 18.5. The van der Waals surface area contributed by atoms with Crippen molar-refractivity contribution in [2.24, 2.45) is 22.7 Å². The second kappa shape index (κ2) is 26.8. The minimum Gasteiger partial charge on any atom is -0.179 e. The van der Waals surface area contributed by atoms with Crippen molar-refractivity contribution < 1.29 is 73.3 Å². The summed E-state index contributed by atoms with van der Waals surface area (Å²) < 4.78 is 3.61. The Bertz CT molecular complexity index is 1910. The second-order valence-electron chi connectivity index (χ2n) is 19.1. The first-order valence-electron chi connectivity index (χ1n) is 22.6. The van der Waals surface area contributed by atoms with E-state index in [4.69, 9.17) is 0 Å². The summed E-state index contributed by atoms with van der Waals surface area (Å²) in [7, 11) is 0. The molecule has 0 saturated heterocycles. The fourth-order valence-corrected chi connectivity index (χ4v) is 9.80. The molecule has 2 atom stereocenters. The van der Waals surface area contributed by atoms with Crippen LogP contribution >= 0.6 is 0 Å². The van der Waals surface area contributed by atoms with Crippen LogP contribution < -0.4 is 24.8 Å². The van der Waals surface area contributed by atoms with Crippen LogP contribution in [0.5, 0.6) is 0 Å². The van der Waals surface area contributed by atoms with Crippen molar-refractivity contribution in [3.8, 4) is 22.3 Å². The van der Waals surface area contributed by atoms with E-state index in [-0.39, 0.29) is 24.8 Å². The molecular formula is C58H68Cl2Zr2-2. The molecule has 0 bridgehead atoms. The van der Waals surface area contributed by atoms with Crippen LogP contribution in [0, 0.1) is 47.0 Å². The number of fused-ring (bicyclic) bond motifs is 6. The minimum atomic E-state index is 0. The van der Waals surface area contributed by atoms with Gasteiger partial charge in [-0.2, -0.15) is 83.0 Å². The molecule has 2 unspecified atom stereocenters. The Morgan fingerprint density at radius 2 is 0.806 bits per heavy atom. The van der Waals surface area contributed by atoms with E-state index in [9.17, 15) is 0 Å². The molecule has 0 spiro atoms. The van der Waals surface area contributed by atoms with Gasteiger partial charge in [0.15, 0.2) is 0 Å². The summed E-state index contributed by atoms with van der Waals surface area (Å²) in [5, 5.41) is 0. The maximum Gasteiger partial charge on any atom is -0.0253 e. The van der Waals surface area contributed by atoms with E-state index in [1.807, 2.05) is 12.1 Å². The quantitative estimate of drug-likeness (QED) is 0.133. The SMILES string of the molecule is CC1[C-]=CC(C(C)(C)C)=C1.CC1[C-]=CC(C(C)(C)C)=C1.[Cl-].[Cl-].[Zr+2]=[C]1CCCCC1.[Zr+2]=[C]1CCCCC1.[c-]1cccc2c1Cc1ccccc1-2.[c-]1cccc2c1Cc1ccccc1-2. The first kappa shape index (κ1) is 54.3. The molecule has 0 N–H and O–H groups in total. The fourth-order valence-electron chi connectivity index (χ4n) is 8.06. The number of hydrogen-bond donors (Lipinski definition) is 0. The number of benzene rings is 4. The third-order valence-electron chi connectivity index (χ3n) is 11.7. The van der Waals surface area contributed by atoms with Crippen molar-refractivity contribution in [2.75, 3.05) is 0 Å². The summed E-state index contributed by atoms with van der Waals surface area (Å²) >= 11 is 3.38. The van der Waals surface area contributed by atoms with Crippen LogP contribution in [0.4, 0.5) is 0 Å². The average Bonchev–Trinajstić information content (AvgIpc) is 4.04. The van der Waals surface area contributed by atoms with Crippen LogP contribution in [0.2, 0.25) is 0 Å². The van der Waals surface area contributed by atoms with Crippen LogP contribution in [0.15, 0.2) is 120 Å². The molecule has 4 heteroatoms. The molecule has 2 saturated carbocycles. The summed E-state index contributed by atoms with van der Waals surface area (Å²) in [6.07, 6.45) is 32.0. The molecular weight excluding hydrogens is 950 g/mol. The monoisotopic (exact) mass is 1010 g/mol. The molecule has 10 rings (SSSR count). The Hall–Kier alpha value is -2.07. The summed E-state index contributed by atoms with van der Waals surface area (Å²) in [5.41, 5.74) is 14.5. The molecule has 0 heterocycles. The maximum atomic E-state index is 3.30. The van der Waals surface area contributed by atoms with Gasteiger partial charge in [-0.15, -0.1) is 11.1 Å². The molecule has 62 heavy (non-hydrogen) atoms. The topological polar surface area (TPSA) is 0 Å². The summed E-state index contributed by atoms with van der Waals surface area (Å²) in [4.78, 5) is 0. The third-order valence-corrected chi connectivity index (χ3v) is 14.2. The molecule has 0 radical (unpaired) electrons. The van der Waals surface area contributed by atoms with Crippen LogP contribution in [0.3, 0.4) is 0 Å². The number of rotatable bonds is 0. The van der Waals surface area contributed by atoms with E-state index in [0.29, 0.717) is 22.7 Å². The first-order valence-corrected chi connectivity index (χ1v) is 25.1. The predicted molar refractivity (Wildman–Crippen MR) is 252 cm³/mol. The molecule has 0 aliphatic heterocycles. The predicted octanol–water partition coefficient (Wildman–Crippen LogP) is 9.40. The zero-order valence-electron chi connectivity index (χ0n) is 38.8. The van der Waals surface area contributed by atoms with Crippen molar-refractivity contribution in [3.05, 3.63) is 167 Å². The fraction of sp³-hybridized carbons (Fsp3) is 0.414. The third kappa shape index (κ3) is 17.4. The van der Waals surface area contributed by atoms with Crippen LogP contribution in [0.1, 0.15) is 142 Å². The van der Waals surface area contributed by atoms with E-state index in [0.717, 1.165) is 12.8 Å². The molecule has 4 aromatic rings. The van der Waals surface area contributed by atoms with Crippen molar-refractivity contribution in [2.45, 2.75) is 132 Å². The Morgan fingerprint density at radius 1 is 0.468 bits per heavy atom. The minimum absolute atomic E-state index is 0. The molecule has 0 amide bonds.